The minimum Gasteiger partial charge on any atom is -0.455 e. The highest BCUT2D eigenvalue weighted by atomic mass is 32.1. The van der Waals surface area contributed by atoms with E-state index in [4.69, 9.17) is 4.42 Å². The Morgan fingerprint density at radius 1 is 0.368 bits per heavy atom. The Hall–Kier alpha value is -8.70. The SMILES string of the molecule is c1cc(-c2ccc(N(c3ccc(-c4cccc5sc6ccccc6c45)cc3)c3ccccc3-c3cccc4oc5c6ccccc6ccc5c34)cc2)cc(-n2c3ccccc3c3ccccc32)c1. The minimum absolute atomic E-state index is 0.877. The fourth-order valence-corrected chi connectivity index (χ4v) is 11.9. The van der Waals surface area contributed by atoms with Gasteiger partial charge in [0, 0.05) is 69.7 Å². The van der Waals surface area contributed by atoms with Gasteiger partial charge in [0.1, 0.15) is 11.2 Å². The Bertz CT molecular complexity index is 4210. The lowest BCUT2D eigenvalue weighted by Gasteiger charge is -2.28. The van der Waals surface area contributed by atoms with Crippen LogP contribution in [0.3, 0.4) is 0 Å². The third-order valence-electron chi connectivity index (χ3n) is 13.8. The first-order valence-corrected chi connectivity index (χ1v) is 24.0. The second kappa shape index (κ2) is 15.5. The number of fused-ring (bicyclic) bond motifs is 11. The van der Waals surface area contributed by atoms with Crippen molar-refractivity contribution in [3.63, 3.8) is 0 Å². The van der Waals surface area contributed by atoms with Crippen LogP contribution in [-0.2, 0) is 0 Å². The van der Waals surface area contributed by atoms with Gasteiger partial charge in [0.2, 0.25) is 0 Å². The molecule has 3 nitrogen and oxygen atoms in total. The van der Waals surface area contributed by atoms with E-state index in [-0.39, 0.29) is 0 Å². The lowest BCUT2D eigenvalue weighted by atomic mass is 9.95. The average Bonchev–Trinajstić information content (AvgIpc) is 4.10. The van der Waals surface area contributed by atoms with E-state index >= 15 is 0 Å². The van der Waals surface area contributed by atoms with Crippen molar-refractivity contribution in [1.29, 1.82) is 0 Å². The quantitative estimate of drug-likeness (QED) is 0.159. The van der Waals surface area contributed by atoms with Crippen molar-refractivity contribution >= 4 is 103 Å². The molecule has 0 amide bonds. The topological polar surface area (TPSA) is 21.3 Å². The summed E-state index contributed by atoms with van der Waals surface area (Å²) >= 11 is 1.86. The summed E-state index contributed by atoms with van der Waals surface area (Å²) in [5.41, 5.74) is 15.6. The molecule has 318 valence electrons. The summed E-state index contributed by atoms with van der Waals surface area (Å²) in [4.78, 5) is 2.41. The molecule has 0 aliphatic rings. The minimum atomic E-state index is 0.877. The van der Waals surface area contributed by atoms with Crippen LogP contribution in [0.5, 0.6) is 0 Å². The predicted molar refractivity (Wildman–Crippen MR) is 289 cm³/mol. The Morgan fingerprint density at radius 3 is 1.76 bits per heavy atom. The van der Waals surface area contributed by atoms with Crippen LogP contribution >= 0.6 is 11.3 Å². The van der Waals surface area contributed by atoms with Crippen LogP contribution in [0.25, 0.3) is 114 Å². The average molecular weight is 885 g/mol. The normalized spacial score (nSPS) is 11.8. The third kappa shape index (κ3) is 6.05. The summed E-state index contributed by atoms with van der Waals surface area (Å²) in [6, 6.07) is 88.1. The fourth-order valence-electron chi connectivity index (χ4n) is 10.7. The summed E-state index contributed by atoms with van der Waals surface area (Å²) < 4.78 is 11.7. The lowest BCUT2D eigenvalue weighted by Crippen LogP contribution is -2.11. The van der Waals surface area contributed by atoms with E-state index < -0.39 is 0 Å². The molecule has 0 fully saturated rings. The van der Waals surface area contributed by atoms with Gasteiger partial charge in [-0.25, -0.2) is 0 Å². The van der Waals surface area contributed by atoms with Crippen molar-refractivity contribution < 1.29 is 4.42 Å². The van der Waals surface area contributed by atoms with E-state index in [1.165, 1.54) is 58.5 Å². The van der Waals surface area contributed by atoms with E-state index in [0.717, 1.165) is 72.3 Å². The van der Waals surface area contributed by atoms with E-state index in [2.05, 4.69) is 252 Å². The first-order valence-electron chi connectivity index (χ1n) is 23.2. The van der Waals surface area contributed by atoms with Gasteiger partial charge >= 0.3 is 0 Å². The van der Waals surface area contributed by atoms with Crippen LogP contribution in [0.15, 0.2) is 247 Å². The number of aromatic nitrogens is 1. The largest absolute Gasteiger partial charge is 0.455 e. The molecule has 3 heterocycles. The molecule has 0 radical (unpaired) electrons. The molecule has 0 atom stereocenters. The molecule has 0 spiro atoms. The molecular formula is C64H40N2OS. The van der Waals surface area contributed by atoms with Gasteiger partial charge in [0.05, 0.1) is 16.7 Å². The van der Waals surface area contributed by atoms with Crippen molar-refractivity contribution in [3.8, 4) is 39.1 Å². The Morgan fingerprint density at radius 2 is 0.971 bits per heavy atom. The Labute approximate surface area is 396 Å². The second-order valence-corrected chi connectivity index (χ2v) is 18.7. The van der Waals surface area contributed by atoms with Crippen LogP contribution in [-0.4, -0.2) is 4.57 Å². The van der Waals surface area contributed by atoms with Gasteiger partial charge in [-0.3, -0.25) is 0 Å². The van der Waals surface area contributed by atoms with E-state index in [1.807, 2.05) is 11.3 Å². The van der Waals surface area contributed by atoms with Crippen LogP contribution in [0.1, 0.15) is 0 Å². The highest BCUT2D eigenvalue weighted by molar-refractivity contribution is 7.25. The van der Waals surface area contributed by atoms with Crippen molar-refractivity contribution in [1.82, 2.24) is 4.57 Å². The summed E-state index contributed by atoms with van der Waals surface area (Å²) in [7, 11) is 0. The number of nitrogens with zero attached hydrogens (tertiary/aromatic N) is 2. The Kier molecular flexibility index (Phi) is 8.76. The number of rotatable bonds is 7. The number of thiophene rings is 1. The van der Waals surface area contributed by atoms with Crippen LogP contribution in [0.2, 0.25) is 0 Å². The number of hydrogen-bond donors (Lipinski definition) is 0. The third-order valence-corrected chi connectivity index (χ3v) is 14.9. The zero-order chi connectivity index (χ0) is 44.7. The van der Waals surface area contributed by atoms with Gasteiger partial charge < -0.3 is 13.9 Å². The molecule has 68 heavy (non-hydrogen) atoms. The van der Waals surface area contributed by atoms with Crippen LogP contribution in [0, 0.1) is 0 Å². The molecule has 14 aromatic rings. The van der Waals surface area contributed by atoms with Gasteiger partial charge in [0.25, 0.3) is 0 Å². The van der Waals surface area contributed by atoms with E-state index in [1.54, 1.807) is 0 Å². The molecule has 0 aliphatic carbocycles. The number of furan rings is 1. The highest BCUT2D eigenvalue weighted by Gasteiger charge is 2.22. The number of benzene rings is 11. The van der Waals surface area contributed by atoms with Crippen molar-refractivity contribution in [3.05, 3.63) is 243 Å². The number of hydrogen-bond acceptors (Lipinski definition) is 3. The standard InChI is InChI=1S/C64H40N2OS/c1-2-17-49-42(14-1)34-39-55-62-53(23-12-27-59(62)67-64(49)55)52-20-5-7-24-56(52)65(46-37-32-43(33-38-46)48-22-13-29-61-63(48)54-21-6-10-28-60(54)68-61)45-35-30-41(31-36-45)44-15-11-16-47(40-44)66-57-25-8-3-18-50(57)51-19-4-9-26-58(51)66/h1-40H. The van der Waals surface area contributed by atoms with Crippen LogP contribution < -0.4 is 4.90 Å². The van der Waals surface area contributed by atoms with E-state index in [9.17, 15) is 0 Å². The first kappa shape index (κ1) is 38.6. The summed E-state index contributed by atoms with van der Waals surface area (Å²) in [5.74, 6) is 0. The molecule has 0 N–H and O–H groups in total. The Balaban J connectivity index is 0.919. The molecule has 3 aromatic heterocycles. The highest BCUT2D eigenvalue weighted by Crippen LogP contribution is 2.47. The zero-order valence-electron chi connectivity index (χ0n) is 36.8. The van der Waals surface area contributed by atoms with Crippen molar-refractivity contribution in [2.75, 3.05) is 4.90 Å². The monoisotopic (exact) mass is 884 g/mol. The number of anilines is 3. The summed E-state index contributed by atoms with van der Waals surface area (Å²) in [5, 5.41) is 9.65. The fraction of sp³-hybridized carbons (Fsp3) is 0. The maximum Gasteiger partial charge on any atom is 0.143 e. The first-order chi connectivity index (χ1) is 33.7. The maximum absolute atomic E-state index is 6.72. The smallest absolute Gasteiger partial charge is 0.143 e. The molecule has 0 saturated heterocycles. The van der Waals surface area contributed by atoms with E-state index in [0.29, 0.717) is 0 Å². The predicted octanol–water partition coefficient (Wildman–Crippen LogP) is 18.7. The lowest BCUT2D eigenvalue weighted by molar-refractivity contribution is 0.673. The number of para-hydroxylation sites is 3. The maximum atomic E-state index is 6.72. The zero-order valence-corrected chi connectivity index (χ0v) is 37.6. The molecule has 0 unspecified atom stereocenters. The molecule has 0 bridgehead atoms. The van der Waals surface area contributed by atoms with Gasteiger partial charge in [-0.05, 0) is 112 Å². The molecule has 4 heteroatoms. The van der Waals surface area contributed by atoms with Crippen LogP contribution in [0.4, 0.5) is 17.1 Å². The second-order valence-electron chi connectivity index (χ2n) is 17.6. The molecular weight excluding hydrogens is 845 g/mol. The van der Waals surface area contributed by atoms with Crippen molar-refractivity contribution in [2.45, 2.75) is 0 Å². The van der Waals surface area contributed by atoms with Gasteiger partial charge in [-0.15, -0.1) is 11.3 Å². The van der Waals surface area contributed by atoms with Gasteiger partial charge in [0.15, 0.2) is 0 Å². The molecule has 11 aromatic carbocycles. The summed E-state index contributed by atoms with van der Waals surface area (Å²) in [6.07, 6.45) is 0. The molecule has 14 rings (SSSR count). The van der Waals surface area contributed by atoms with Gasteiger partial charge in [-0.1, -0.05) is 164 Å². The summed E-state index contributed by atoms with van der Waals surface area (Å²) in [6.45, 7) is 0. The molecule has 0 aliphatic heterocycles. The van der Waals surface area contributed by atoms with Crippen molar-refractivity contribution in [2.24, 2.45) is 0 Å². The molecule has 0 saturated carbocycles. The van der Waals surface area contributed by atoms with Gasteiger partial charge in [-0.2, -0.15) is 0 Å².